The van der Waals surface area contributed by atoms with Gasteiger partial charge >= 0.3 is 0 Å². The summed E-state index contributed by atoms with van der Waals surface area (Å²) in [5.41, 5.74) is 6.77. The lowest BCUT2D eigenvalue weighted by atomic mass is 10.2. The smallest absolute Gasteiger partial charge is 0.263 e. The second-order valence-corrected chi connectivity index (χ2v) is 8.12. The molecule has 0 fully saturated rings. The molecule has 0 saturated heterocycles. The fourth-order valence-electron chi connectivity index (χ4n) is 2.52. The van der Waals surface area contributed by atoms with Gasteiger partial charge in [-0.15, -0.1) is 0 Å². The molecule has 1 aliphatic heterocycles. The molecule has 140 valence electrons. The largest absolute Gasteiger partial charge is 0.332 e. The fourth-order valence-corrected chi connectivity index (χ4v) is 3.88. The minimum Gasteiger partial charge on any atom is -0.332 e. The third-order valence-corrected chi connectivity index (χ3v) is 5.58. The van der Waals surface area contributed by atoms with Crippen LogP contribution in [0.3, 0.4) is 0 Å². The van der Waals surface area contributed by atoms with Crippen molar-refractivity contribution in [3.63, 3.8) is 0 Å². The number of allylic oxidation sites excluding steroid dienone is 4. The second kappa shape index (κ2) is 7.81. The lowest BCUT2D eigenvalue weighted by Gasteiger charge is -2.30. The maximum absolute atomic E-state index is 12.5. The predicted octanol–water partition coefficient (Wildman–Crippen LogP) is 3.49. The quantitative estimate of drug-likeness (QED) is 0.683. The van der Waals surface area contributed by atoms with Crippen molar-refractivity contribution in [2.45, 2.75) is 18.7 Å². The molecule has 1 heterocycles. The Morgan fingerprint density at radius 2 is 1.67 bits per heavy atom. The monoisotopic (exact) mass is 400 g/mol. The van der Waals surface area contributed by atoms with Crippen molar-refractivity contribution in [1.82, 2.24) is 10.1 Å². The highest BCUT2D eigenvalue weighted by Gasteiger charge is 2.17. The first-order valence-electron chi connectivity index (χ1n) is 8.26. The van der Waals surface area contributed by atoms with Gasteiger partial charge in [-0.1, -0.05) is 18.2 Å². The number of hydrogen-bond acceptors (Lipinski definition) is 5. The molecule has 8 heteroatoms. The Labute approximate surface area is 164 Å². The number of rotatable bonds is 4. The highest BCUT2D eigenvalue weighted by Crippen LogP contribution is 2.22. The molecule has 2 aromatic carbocycles. The molecule has 3 rings (SSSR count). The number of hydrazine groups is 1. The van der Waals surface area contributed by atoms with Crippen molar-refractivity contribution in [2.75, 3.05) is 10.3 Å². The molecule has 0 spiro atoms. The van der Waals surface area contributed by atoms with Crippen molar-refractivity contribution in [3.8, 4) is 0 Å². The summed E-state index contributed by atoms with van der Waals surface area (Å²) in [5, 5.41) is 4.76. The van der Waals surface area contributed by atoms with Crippen LogP contribution < -0.4 is 20.5 Å². The highest BCUT2D eigenvalue weighted by molar-refractivity contribution is 7.92. The Morgan fingerprint density at radius 3 is 2.33 bits per heavy atom. The molecule has 3 N–H and O–H groups in total. The number of thiocarbonyl (C=S) groups is 1. The zero-order chi connectivity index (χ0) is 19.4. The highest BCUT2D eigenvalue weighted by atomic mass is 32.2. The van der Waals surface area contributed by atoms with E-state index >= 15 is 0 Å². The van der Waals surface area contributed by atoms with E-state index in [9.17, 15) is 8.42 Å². The molecule has 0 aliphatic carbocycles. The summed E-state index contributed by atoms with van der Waals surface area (Å²) in [4.78, 5) is 0.134. The number of nitrogens with zero attached hydrogens (tertiary/aromatic N) is 1. The molecule has 1 aliphatic rings. The van der Waals surface area contributed by atoms with Gasteiger partial charge in [0.05, 0.1) is 10.6 Å². The lowest BCUT2D eigenvalue weighted by molar-refractivity contribution is 0.593. The Kier molecular flexibility index (Phi) is 5.48. The minimum absolute atomic E-state index is 0.0162. The molecular formula is C19H20N4O2S2. The summed E-state index contributed by atoms with van der Waals surface area (Å²) in [7, 11) is -3.77. The summed E-state index contributed by atoms with van der Waals surface area (Å²) in [5.74, 6) is 0. The number of hydrogen-bond donors (Lipinski definition) is 3. The van der Waals surface area contributed by atoms with Crippen LogP contribution in [-0.2, 0) is 10.0 Å². The van der Waals surface area contributed by atoms with E-state index in [-0.39, 0.29) is 10.0 Å². The molecule has 0 bridgehead atoms. The van der Waals surface area contributed by atoms with E-state index in [0.717, 1.165) is 17.1 Å². The summed E-state index contributed by atoms with van der Waals surface area (Å²) in [6.07, 6.45) is 3.97. The first-order valence-corrected chi connectivity index (χ1v) is 10.2. The molecule has 0 saturated carbocycles. The number of anilines is 2. The van der Waals surface area contributed by atoms with Crippen LogP contribution in [0.1, 0.15) is 13.8 Å². The zero-order valence-electron chi connectivity index (χ0n) is 14.9. The Balaban J connectivity index is 1.71. The van der Waals surface area contributed by atoms with Gasteiger partial charge in [0, 0.05) is 17.1 Å². The topological polar surface area (TPSA) is 73.5 Å². The van der Waals surface area contributed by atoms with Crippen LogP contribution in [0.25, 0.3) is 0 Å². The van der Waals surface area contributed by atoms with Gasteiger partial charge in [-0.25, -0.2) is 8.42 Å². The van der Waals surface area contributed by atoms with Gasteiger partial charge in [-0.05, 0) is 74.6 Å². The number of para-hydroxylation sites is 1. The van der Waals surface area contributed by atoms with E-state index in [1.54, 1.807) is 36.4 Å². The van der Waals surface area contributed by atoms with E-state index in [4.69, 9.17) is 12.2 Å². The van der Waals surface area contributed by atoms with Gasteiger partial charge in [0.15, 0.2) is 5.11 Å². The summed E-state index contributed by atoms with van der Waals surface area (Å²) < 4.78 is 27.5. The van der Waals surface area contributed by atoms with Crippen LogP contribution in [0.15, 0.2) is 83.0 Å². The molecule has 0 unspecified atom stereocenters. The second-order valence-electron chi connectivity index (χ2n) is 6.02. The summed E-state index contributed by atoms with van der Waals surface area (Å²) >= 11 is 5.11. The van der Waals surface area contributed by atoms with E-state index in [1.807, 2.05) is 49.2 Å². The molecule has 0 amide bonds. The van der Waals surface area contributed by atoms with Gasteiger partial charge in [-0.2, -0.15) is 0 Å². The number of nitrogens with one attached hydrogen (secondary N) is 3. The molecule has 0 atom stereocenters. The summed E-state index contributed by atoms with van der Waals surface area (Å²) in [6, 6.07) is 15.7. The van der Waals surface area contributed by atoms with Crippen LogP contribution in [-0.4, -0.2) is 13.5 Å². The first-order chi connectivity index (χ1) is 12.8. The molecule has 6 nitrogen and oxygen atoms in total. The van der Waals surface area contributed by atoms with Crippen molar-refractivity contribution in [2.24, 2.45) is 0 Å². The number of benzene rings is 2. The predicted molar refractivity (Wildman–Crippen MR) is 113 cm³/mol. The molecule has 2 aromatic rings. The van der Waals surface area contributed by atoms with Crippen LogP contribution in [0, 0.1) is 0 Å². The molecule has 0 aromatic heterocycles. The Bertz CT molecular complexity index is 998. The van der Waals surface area contributed by atoms with E-state index in [2.05, 4.69) is 15.5 Å². The van der Waals surface area contributed by atoms with Crippen molar-refractivity contribution >= 4 is 38.7 Å². The van der Waals surface area contributed by atoms with Gasteiger partial charge in [0.1, 0.15) is 0 Å². The van der Waals surface area contributed by atoms with E-state index in [1.165, 1.54) is 0 Å². The maximum atomic E-state index is 12.5. The van der Waals surface area contributed by atoms with Crippen LogP contribution >= 0.6 is 12.2 Å². The third-order valence-electron chi connectivity index (χ3n) is 3.88. The average molecular weight is 401 g/mol. The third kappa shape index (κ3) is 4.66. The maximum Gasteiger partial charge on any atom is 0.263 e. The van der Waals surface area contributed by atoms with Gasteiger partial charge in [0.25, 0.3) is 10.0 Å². The minimum atomic E-state index is -3.77. The molecule has 27 heavy (non-hydrogen) atoms. The van der Waals surface area contributed by atoms with Gasteiger partial charge in [-0.3, -0.25) is 15.2 Å². The Hall–Kier alpha value is -2.84. The van der Waals surface area contributed by atoms with Crippen LogP contribution in [0.2, 0.25) is 0 Å². The van der Waals surface area contributed by atoms with Crippen LogP contribution in [0.4, 0.5) is 11.4 Å². The Morgan fingerprint density at radius 1 is 1.00 bits per heavy atom. The number of sulfonamides is 1. The van der Waals surface area contributed by atoms with Crippen molar-refractivity contribution in [3.05, 3.63) is 78.1 Å². The first kappa shape index (κ1) is 18.9. The normalized spacial score (nSPS) is 13.9. The van der Waals surface area contributed by atoms with E-state index < -0.39 is 10.0 Å². The molecular weight excluding hydrogens is 380 g/mol. The SMILES string of the molecule is CC1=CC=C(C)N(c2ccc(S(=O)(=O)NC(=S)Nc3ccccc3)cc2)N1. The van der Waals surface area contributed by atoms with Crippen molar-refractivity contribution < 1.29 is 8.42 Å². The van der Waals surface area contributed by atoms with Gasteiger partial charge in [0.2, 0.25) is 0 Å². The standard InChI is InChI=1S/C19H20N4O2S2/c1-14-8-9-15(2)23(21-14)17-10-12-18(13-11-17)27(24,25)22-19(26)20-16-6-4-3-5-7-16/h3-13,21H,1-2H3,(H2,20,22,26). The lowest BCUT2D eigenvalue weighted by Crippen LogP contribution is -2.37. The van der Waals surface area contributed by atoms with Crippen LogP contribution in [0.5, 0.6) is 0 Å². The summed E-state index contributed by atoms with van der Waals surface area (Å²) in [6.45, 7) is 3.93. The average Bonchev–Trinajstić information content (AvgIpc) is 2.64. The van der Waals surface area contributed by atoms with Crippen molar-refractivity contribution in [1.29, 1.82) is 0 Å². The fraction of sp³-hybridized carbons (Fsp3) is 0.105. The zero-order valence-corrected chi connectivity index (χ0v) is 16.6. The molecule has 0 radical (unpaired) electrons. The van der Waals surface area contributed by atoms with E-state index in [0.29, 0.717) is 5.69 Å². The van der Waals surface area contributed by atoms with Gasteiger partial charge < -0.3 is 5.32 Å².